The Morgan fingerprint density at radius 1 is 1.82 bits per heavy atom. The first-order valence-corrected chi connectivity index (χ1v) is 3.43. The van der Waals surface area contributed by atoms with Crippen molar-refractivity contribution in [2.45, 2.75) is 6.42 Å². The van der Waals surface area contributed by atoms with Gasteiger partial charge in [0.25, 0.3) is 0 Å². The minimum atomic E-state index is -0.100. The number of urea groups is 1. The van der Waals surface area contributed by atoms with Crippen molar-refractivity contribution in [1.82, 2.24) is 10.2 Å². The molecule has 4 nitrogen and oxygen atoms in total. The Hall–Kier alpha value is -1.32. The number of hydrogen-bond donors (Lipinski definition) is 1. The molecule has 0 bridgehead atoms. The molecule has 0 spiro atoms. The number of carbonyl (C=O) groups is 1. The third-order valence-electron chi connectivity index (χ3n) is 1.53. The molecule has 0 aromatic carbocycles. The molecule has 4 heteroatoms. The number of aliphatic imine (C=N–C) groups is 1. The van der Waals surface area contributed by atoms with E-state index in [2.05, 4.69) is 16.9 Å². The van der Waals surface area contributed by atoms with Crippen LogP contribution in [0.25, 0.3) is 0 Å². The quantitative estimate of drug-likeness (QED) is 0.588. The summed E-state index contributed by atoms with van der Waals surface area (Å²) in [6.07, 6.45) is 2.20. The molecule has 0 atom stereocenters. The Morgan fingerprint density at radius 2 is 2.55 bits per heavy atom. The summed E-state index contributed by atoms with van der Waals surface area (Å²) in [5, 5.41) is 2.63. The number of amides is 2. The highest BCUT2D eigenvalue weighted by atomic mass is 16.2. The van der Waals surface area contributed by atoms with E-state index in [1.165, 1.54) is 6.20 Å². The van der Waals surface area contributed by atoms with Crippen molar-refractivity contribution in [3.05, 3.63) is 12.8 Å². The van der Waals surface area contributed by atoms with Gasteiger partial charge in [0.2, 0.25) is 0 Å². The van der Waals surface area contributed by atoms with E-state index in [4.69, 9.17) is 0 Å². The van der Waals surface area contributed by atoms with Crippen molar-refractivity contribution in [3.8, 4) is 0 Å². The van der Waals surface area contributed by atoms with Crippen LogP contribution in [0.5, 0.6) is 0 Å². The molecule has 0 saturated carbocycles. The monoisotopic (exact) mass is 153 g/mol. The summed E-state index contributed by atoms with van der Waals surface area (Å²) in [7, 11) is 1.75. The van der Waals surface area contributed by atoms with Gasteiger partial charge in [-0.1, -0.05) is 6.58 Å². The fraction of sp³-hybridized carbons (Fsp3) is 0.429. The average molecular weight is 153 g/mol. The van der Waals surface area contributed by atoms with Gasteiger partial charge in [-0.15, -0.1) is 0 Å². The number of nitrogens with zero attached hydrogens (tertiary/aromatic N) is 2. The van der Waals surface area contributed by atoms with E-state index in [9.17, 15) is 4.79 Å². The van der Waals surface area contributed by atoms with Gasteiger partial charge in [-0.2, -0.15) is 0 Å². The molecular formula is C7H11N3O. The molecule has 1 aliphatic heterocycles. The smallest absolute Gasteiger partial charge is 0.322 e. The van der Waals surface area contributed by atoms with Crippen LogP contribution in [0, 0.1) is 0 Å². The maximum absolute atomic E-state index is 11.0. The van der Waals surface area contributed by atoms with E-state index >= 15 is 0 Å². The van der Waals surface area contributed by atoms with Gasteiger partial charge in [0, 0.05) is 26.2 Å². The number of carbonyl (C=O) groups excluding carboxylic acids is 1. The van der Waals surface area contributed by atoms with E-state index < -0.39 is 0 Å². The van der Waals surface area contributed by atoms with Gasteiger partial charge in [-0.05, 0) is 0 Å². The topological polar surface area (TPSA) is 44.7 Å². The van der Waals surface area contributed by atoms with Crippen LogP contribution < -0.4 is 5.32 Å². The zero-order valence-corrected chi connectivity index (χ0v) is 6.50. The zero-order chi connectivity index (χ0) is 8.27. The first-order chi connectivity index (χ1) is 5.24. The lowest BCUT2D eigenvalue weighted by Gasteiger charge is -2.23. The molecule has 0 aromatic heterocycles. The molecule has 0 aliphatic carbocycles. The van der Waals surface area contributed by atoms with Crippen molar-refractivity contribution in [2.75, 3.05) is 13.6 Å². The second kappa shape index (κ2) is 3.18. The number of hydrogen-bond acceptors (Lipinski definition) is 2. The van der Waals surface area contributed by atoms with Crippen molar-refractivity contribution in [3.63, 3.8) is 0 Å². The van der Waals surface area contributed by atoms with Crippen LogP contribution in [0.1, 0.15) is 6.42 Å². The van der Waals surface area contributed by atoms with Crippen molar-refractivity contribution in [2.24, 2.45) is 4.99 Å². The maximum atomic E-state index is 11.0. The summed E-state index contributed by atoms with van der Waals surface area (Å²) < 4.78 is 0. The van der Waals surface area contributed by atoms with Crippen LogP contribution >= 0.6 is 0 Å². The summed E-state index contributed by atoms with van der Waals surface area (Å²) in [5.41, 5.74) is 0. The first-order valence-electron chi connectivity index (χ1n) is 3.43. The molecule has 1 fully saturated rings. The summed E-state index contributed by atoms with van der Waals surface area (Å²) in [6.45, 7) is 4.17. The van der Waals surface area contributed by atoms with Crippen molar-refractivity contribution >= 4 is 11.9 Å². The number of amidine groups is 1. The van der Waals surface area contributed by atoms with Crippen molar-refractivity contribution in [1.29, 1.82) is 0 Å². The molecule has 2 amide bonds. The SMILES string of the molecule is C=CN=C1CCN(C)C(=O)N1. The predicted octanol–water partition coefficient (Wildman–Crippen LogP) is 0.574. The Balaban J connectivity index is 2.59. The highest BCUT2D eigenvalue weighted by Crippen LogP contribution is 1.97. The summed E-state index contributed by atoms with van der Waals surface area (Å²) >= 11 is 0. The molecule has 1 aliphatic rings. The van der Waals surface area contributed by atoms with Gasteiger partial charge in [0.1, 0.15) is 5.84 Å². The fourth-order valence-corrected chi connectivity index (χ4v) is 0.864. The minimum Gasteiger partial charge on any atom is -0.327 e. The van der Waals surface area contributed by atoms with Crippen LogP contribution in [0.2, 0.25) is 0 Å². The lowest BCUT2D eigenvalue weighted by molar-refractivity contribution is 0.211. The normalized spacial score (nSPS) is 21.7. The zero-order valence-electron chi connectivity index (χ0n) is 6.50. The third kappa shape index (κ3) is 1.80. The highest BCUT2D eigenvalue weighted by Gasteiger charge is 2.16. The maximum Gasteiger partial charge on any atom is 0.322 e. The van der Waals surface area contributed by atoms with Crippen molar-refractivity contribution < 1.29 is 4.79 Å². The van der Waals surface area contributed by atoms with Gasteiger partial charge in [0.15, 0.2) is 0 Å². The third-order valence-corrected chi connectivity index (χ3v) is 1.53. The van der Waals surface area contributed by atoms with Crippen LogP contribution in [0.15, 0.2) is 17.8 Å². The van der Waals surface area contributed by atoms with E-state index in [1.807, 2.05) is 0 Å². The Bertz CT molecular complexity index is 210. The van der Waals surface area contributed by atoms with E-state index in [-0.39, 0.29) is 6.03 Å². The fourth-order valence-electron chi connectivity index (χ4n) is 0.864. The van der Waals surface area contributed by atoms with Crippen LogP contribution in [-0.2, 0) is 0 Å². The summed E-state index contributed by atoms with van der Waals surface area (Å²) in [4.78, 5) is 16.5. The number of nitrogens with one attached hydrogen (secondary N) is 1. The van der Waals surface area contributed by atoms with Crippen LogP contribution in [0.3, 0.4) is 0 Å². The average Bonchev–Trinajstić information content (AvgIpc) is 1.98. The minimum absolute atomic E-state index is 0.100. The van der Waals surface area contributed by atoms with Gasteiger partial charge >= 0.3 is 6.03 Å². The second-order valence-corrected chi connectivity index (χ2v) is 2.36. The molecule has 1 N–H and O–H groups in total. The molecule has 0 radical (unpaired) electrons. The van der Waals surface area contributed by atoms with Gasteiger partial charge < -0.3 is 4.90 Å². The second-order valence-electron chi connectivity index (χ2n) is 2.36. The molecular weight excluding hydrogens is 142 g/mol. The Kier molecular flexibility index (Phi) is 2.25. The Labute approximate surface area is 65.6 Å². The lowest BCUT2D eigenvalue weighted by Crippen LogP contribution is -2.47. The van der Waals surface area contributed by atoms with Crippen LogP contribution in [0.4, 0.5) is 4.79 Å². The summed E-state index contributed by atoms with van der Waals surface area (Å²) in [5.74, 6) is 0.697. The van der Waals surface area contributed by atoms with Gasteiger partial charge in [0.05, 0.1) is 0 Å². The molecule has 1 rings (SSSR count). The largest absolute Gasteiger partial charge is 0.327 e. The van der Waals surface area contributed by atoms with Crippen LogP contribution in [-0.4, -0.2) is 30.4 Å². The standard InChI is InChI=1S/C7H11N3O/c1-3-8-6-4-5-10(2)7(11)9-6/h3H,1,4-5H2,2H3,(H,8,9,11). The summed E-state index contributed by atoms with van der Waals surface area (Å²) in [6, 6.07) is -0.100. The molecule has 11 heavy (non-hydrogen) atoms. The lowest BCUT2D eigenvalue weighted by atomic mass is 10.3. The molecule has 0 aromatic rings. The molecule has 1 heterocycles. The Morgan fingerprint density at radius 3 is 3.09 bits per heavy atom. The molecule has 1 saturated heterocycles. The van der Waals surface area contributed by atoms with E-state index in [1.54, 1.807) is 11.9 Å². The first kappa shape index (κ1) is 7.78. The number of rotatable bonds is 1. The van der Waals surface area contributed by atoms with E-state index in [0.29, 0.717) is 5.84 Å². The van der Waals surface area contributed by atoms with Gasteiger partial charge in [-0.3, -0.25) is 5.32 Å². The van der Waals surface area contributed by atoms with E-state index in [0.717, 1.165) is 13.0 Å². The molecule has 60 valence electrons. The van der Waals surface area contributed by atoms with Gasteiger partial charge in [-0.25, -0.2) is 9.79 Å². The highest BCUT2D eigenvalue weighted by molar-refractivity contribution is 5.99. The molecule has 0 unspecified atom stereocenters. The predicted molar refractivity (Wildman–Crippen MR) is 43.4 cm³/mol.